The zero-order chi connectivity index (χ0) is 17.1. The Labute approximate surface area is 136 Å². The number of methoxy groups -OCH3 is 1. The molecule has 2 aromatic rings. The highest BCUT2D eigenvalue weighted by molar-refractivity contribution is 7.20. The minimum atomic E-state index is -1.06. The van der Waals surface area contributed by atoms with Crippen LogP contribution >= 0.6 is 11.3 Å². The molecule has 0 aliphatic rings. The van der Waals surface area contributed by atoms with Crippen LogP contribution in [0.2, 0.25) is 0 Å². The number of carboxylic acids is 1. The maximum Gasteiger partial charge on any atom is 0.346 e. The zero-order valence-electron chi connectivity index (χ0n) is 13.2. The second kappa shape index (κ2) is 6.91. The predicted octanol–water partition coefficient (Wildman–Crippen LogP) is 1.98. The topological polar surface area (TPSA) is 98.5 Å². The number of aryl methyl sites for hydroxylation is 2. The lowest BCUT2D eigenvalue weighted by Gasteiger charge is -2.10. The molecular formula is C15H18N2O5S. The van der Waals surface area contributed by atoms with E-state index in [1.165, 1.54) is 11.7 Å². The first kappa shape index (κ1) is 17.1. The average molecular weight is 338 g/mol. The third-order valence-electron chi connectivity index (χ3n) is 3.63. The number of esters is 1. The average Bonchev–Trinajstić information content (AvgIpc) is 2.86. The predicted molar refractivity (Wildman–Crippen MR) is 86.2 cm³/mol. The van der Waals surface area contributed by atoms with E-state index in [1.807, 2.05) is 6.92 Å². The first-order valence-corrected chi connectivity index (χ1v) is 8.05. The molecule has 7 nitrogen and oxygen atoms in total. The van der Waals surface area contributed by atoms with Crippen LogP contribution < -0.4 is 5.56 Å². The molecular weight excluding hydrogens is 320 g/mol. The highest BCUT2D eigenvalue weighted by Gasteiger charge is 2.20. The van der Waals surface area contributed by atoms with E-state index in [2.05, 4.69) is 9.72 Å². The molecule has 0 radical (unpaired) electrons. The van der Waals surface area contributed by atoms with Crippen molar-refractivity contribution in [3.05, 3.63) is 26.6 Å². The second-order valence-corrected chi connectivity index (χ2v) is 6.06. The Bertz CT molecular complexity index is 821. The molecule has 0 saturated carbocycles. The second-order valence-electron chi connectivity index (χ2n) is 5.06. The Kier molecular flexibility index (Phi) is 5.15. The minimum absolute atomic E-state index is 0.138. The van der Waals surface area contributed by atoms with Crippen molar-refractivity contribution in [1.82, 2.24) is 9.55 Å². The number of fused-ring (bicyclic) bond motifs is 1. The first-order chi connectivity index (χ1) is 10.9. The van der Waals surface area contributed by atoms with Gasteiger partial charge in [-0.05, 0) is 18.9 Å². The number of hydrogen-bond acceptors (Lipinski definition) is 6. The standard InChI is InChI=1S/C15H18N2O5S/c1-4-9-16-13-11(8(2)12(23-13)15(20)21)14(19)17(9)7-5-6-10(18)22-3/h4-7H2,1-3H3,(H,20,21). The molecule has 0 aromatic carbocycles. The quantitative estimate of drug-likeness (QED) is 0.809. The van der Waals surface area contributed by atoms with E-state index in [1.54, 1.807) is 6.92 Å². The lowest BCUT2D eigenvalue weighted by atomic mass is 10.2. The van der Waals surface area contributed by atoms with Gasteiger partial charge in [-0.25, -0.2) is 9.78 Å². The summed E-state index contributed by atoms with van der Waals surface area (Å²) < 4.78 is 6.11. The zero-order valence-corrected chi connectivity index (χ0v) is 14.0. The molecule has 0 aliphatic carbocycles. The number of carbonyl (C=O) groups excluding carboxylic acids is 1. The van der Waals surface area contributed by atoms with Gasteiger partial charge in [0.25, 0.3) is 5.56 Å². The third-order valence-corrected chi connectivity index (χ3v) is 4.80. The van der Waals surface area contributed by atoms with Crippen molar-refractivity contribution >= 4 is 33.5 Å². The molecule has 0 saturated heterocycles. The van der Waals surface area contributed by atoms with E-state index >= 15 is 0 Å². The lowest BCUT2D eigenvalue weighted by Crippen LogP contribution is -2.25. The van der Waals surface area contributed by atoms with Crippen LogP contribution in [-0.4, -0.2) is 33.7 Å². The van der Waals surface area contributed by atoms with Gasteiger partial charge in [0.05, 0.1) is 12.5 Å². The Morgan fingerprint density at radius 3 is 2.65 bits per heavy atom. The number of rotatable bonds is 6. The fourth-order valence-corrected chi connectivity index (χ4v) is 3.48. The van der Waals surface area contributed by atoms with Crippen LogP contribution in [0.4, 0.5) is 0 Å². The summed E-state index contributed by atoms with van der Waals surface area (Å²) in [6, 6.07) is 0. The maximum atomic E-state index is 12.7. The summed E-state index contributed by atoms with van der Waals surface area (Å²) in [5.41, 5.74) is 0.192. The molecule has 124 valence electrons. The summed E-state index contributed by atoms with van der Waals surface area (Å²) in [6.45, 7) is 3.84. The van der Waals surface area contributed by atoms with Crippen molar-refractivity contribution < 1.29 is 19.4 Å². The van der Waals surface area contributed by atoms with Crippen molar-refractivity contribution in [3.8, 4) is 0 Å². The van der Waals surface area contributed by atoms with Gasteiger partial charge in [-0.2, -0.15) is 0 Å². The molecule has 0 unspecified atom stereocenters. The molecule has 0 bridgehead atoms. The van der Waals surface area contributed by atoms with E-state index in [0.717, 1.165) is 11.3 Å². The molecule has 2 rings (SSSR count). The molecule has 0 aliphatic heterocycles. The number of hydrogen-bond donors (Lipinski definition) is 1. The van der Waals surface area contributed by atoms with Crippen molar-refractivity contribution in [2.24, 2.45) is 0 Å². The summed E-state index contributed by atoms with van der Waals surface area (Å²) >= 11 is 1.02. The molecule has 8 heteroatoms. The van der Waals surface area contributed by atoms with Gasteiger partial charge >= 0.3 is 11.9 Å². The molecule has 2 heterocycles. The number of aromatic carboxylic acids is 1. The van der Waals surface area contributed by atoms with Gasteiger partial charge in [0.2, 0.25) is 0 Å². The minimum Gasteiger partial charge on any atom is -0.477 e. The SMILES string of the molecule is CCc1nc2sc(C(=O)O)c(C)c2c(=O)n1CCCC(=O)OC. The van der Waals surface area contributed by atoms with Crippen LogP contribution in [-0.2, 0) is 22.5 Å². The maximum absolute atomic E-state index is 12.7. The fraction of sp³-hybridized carbons (Fsp3) is 0.467. The first-order valence-electron chi connectivity index (χ1n) is 7.23. The van der Waals surface area contributed by atoms with Gasteiger partial charge in [-0.15, -0.1) is 11.3 Å². The van der Waals surface area contributed by atoms with Crippen LogP contribution in [0.3, 0.4) is 0 Å². The monoisotopic (exact) mass is 338 g/mol. The van der Waals surface area contributed by atoms with Crippen LogP contribution in [0.5, 0.6) is 0 Å². The highest BCUT2D eigenvalue weighted by Crippen LogP contribution is 2.27. The summed E-state index contributed by atoms with van der Waals surface area (Å²) in [4.78, 5) is 40.2. The Morgan fingerprint density at radius 1 is 1.39 bits per heavy atom. The number of ether oxygens (including phenoxy) is 1. The normalized spacial score (nSPS) is 10.9. The summed E-state index contributed by atoms with van der Waals surface area (Å²) in [6.07, 6.45) is 1.22. The number of thiophene rings is 1. The van der Waals surface area contributed by atoms with E-state index in [9.17, 15) is 19.5 Å². The van der Waals surface area contributed by atoms with E-state index < -0.39 is 5.97 Å². The van der Waals surface area contributed by atoms with E-state index in [4.69, 9.17) is 0 Å². The highest BCUT2D eigenvalue weighted by atomic mass is 32.1. The number of aromatic nitrogens is 2. The van der Waals surface area contributed by atoms with Crippen LogP contribution in [0.25, 0.3) is 10.2 Å². The number of carbonyl (C=O) groups is 2. The smallest absolute Gasteiger partial charge is 0.346 e. The molecule has 0 spiro atoms. The Hall–Kier alpha value is -2.22. The van der Waals surface area contributed by atoms with Crippen LogP contribution in [0, 0.1) is 6.92 Å². The van der Waals surface area contributed by atoms with Crippen molar-refractivity contribution in [2.45, 2.75) is 39.7 Å². The van der Waals surface area contributed by atoms with Gasteiger partial charge in [0, 0.05) is 19.4 Å². The third kappa shape index (κ3) is 3.26. The van der Waals surface area contributed by atoms with Crippen molar-refractivity contribution in [3.63, 3.8) is 0 Å². The Morgan fingerprint density at radius 2 is 2.09 bits per heavy atom. The largest absolute Gasteiger partial charge is 0.477 e. The van der Waals surface area contributed by atoms with Gasteiger partial charge in [-0.1, -0.05) is 6.92 Å². The molecule has 0 fully saturated rings. The Balaban J connectivity index is 2.49. The van der Waals surface area contributed by atoms with E-state index in [-0.39, 0.29) is 22.8 Å². The lowest BCUT2D eigenvalue weighted by molar-refractivity contribution is -0.140. The van der Waals surface area contributed by atoms with Gasteiger partial charge in [-0.3, -0.25) is 14.2 Å². The molecule has 23 heavy (non-hydrogen) atoms. The van der Waals surface area contributed by atoms with Gasteiger partial charge < -0.3 is 9.84 Å². The summed E-state index contributed by atoms with van der Waals surface area (Å²) in [7, 11) is 1.32. The summed E-state index contributed by atoms with van der Waals surface area (Å²) in [5.74, 6) is -0.796. The molecule has 0 atom stereocenters. The van der Waals surface area contributed by atoms with Crippen molar-refractivity contribution in [1.29, 1.82) is 0 Å². The molecule has 2 aromatic heterocycles. The van der Waals surface area contributed by atoms with Crippen LogP contribution in [0.15, 0.2) is 4.79 Å². The fourth-order valence-electron chi connectivity index (χ4n) is 2.45. The number of nitrogens with zero attached hydrogens (tertiary/aromatic N) is 2. The van der Waals surface area contributed by atoms with Gasteiger partial charge in [0.15, 0.2) is 0 Å². The molecule has 1 N–H and O–H groups in total. The molecule has 0 amide bonds. The van der Waals surface area contributed by atoms with Gasteiger partial charge in [0.1, 0.15) is 15.5 Å². The summed E-state index contributed by atoms with van der Waals surface area (Å²) in [5, 5.41) is 9.56. The van der Waals surface area contributed by atoms with Crippen molar-refractivity contribution in [2.75, 3.05) is 7.11 Å². The van der Waals surface area contributed by atoms with Crippen LogP contribution in [0.1, 0.15) is 40.8 Å². The number of carboxylic acid groups (broad SMARTS) is 1. The van der Waals surface area contributed by atoms with E-state index in [0.29, 0.717) is 41.0 Å².